The van der Waals surface area contributed by atoms with E-state index in [1.54, 1.807) is 0 Å². The molecule has 1 heteroatoms. The highest BCUT2D eigenvalue weighted by Gasteiger charge is 2.00. The molecule has 0 aliphatic heterocycles. The number of allylic oxidation sites excluding steroid dienone is 1. The van der Waals surface area contributed by atoms with Gasteiger partial charge in [-0.05, 0) is 36.6 Å². The van der Waals surface area contributed by atoms with Crippen molar-refractivity contribution in [3.05, 3.63) is 47.7 Å². The molecule has 0 saturated carbocycles. The summed E-state index contributed by atoms with van der Waals surface area (Å²) in [5, 5.41) is 1.25. The molecule has 0 fully saturated rings. The minimum atomic E-state index is 1.07. The Morgan fingerprint density at radius 2 is 2.13 bits per heavy atom. The fourth-order valence-corrected chi connectivity index (χ4v) is 1.74. The van der Waals surface area contributed by atoms with Crippen LogP contribution in [0.4, 0.5) is 0 Å². The predicted molar refractivity (Wildman–Crippen MR) is 65.8 cm³/mol. The number of pyridine rings is 1. The fraction of sp³-hybridized carbons (Fsp3) is 0.214. The molecule has 0 amide bonds. The number of aryl methyl sites for hydroxylation is 1. The number of benzene rings is 1. The Kier molecular flexibility index (Phi) is 2.82. The molecule has 15 heavy (non-hydrogen) atoms. The van der Waals surface area contributed by atoms with Gasteiger partial charge in [0.2, 0.25) is 0 Å². The highest BCUT2D eigenvalue weighted by molar-refractivity contribution is 5.85. The minimum Gasteiger partial charge on any atom is -0.256 e. The van der Waals surface area contributed by atoms with Crippen molar-refractivity contribution in [3.8, 4) is 0 Å². The van der Waals surface area contributed by atoms with Gasteiger partial charge in [-0.3, -0.25) is 4.98 Å². The third-order valence-corrected chi connectivity index (χ3v) is 2.63. The van der Waals surface area contributed by atoms with Crippen LogP contribution >= 0.6 is 0 Å². The van der Waals surface area contributed by atoms with Crippen LogP contribution in [0.15, 0.2) is 36.5 Å². The van der Waals surface area contributed by atoms with Gasteiger partial charge >= 0.3 is 0 Å². The molecular formula is C14H15N. The summed E-state index contributed by atoms with van der Waals surface area (Å²) in [6, 6.07) is 8.33. The molecule has 0 unspecified atom stereocenters. The van der Waals surface area contributed by atoms with Gasteiger partial charge < -0.3 is 0 Å². The maximum absolute atomic E-state index is 4.34. The number of hydrogen-bond donors (Lipinski definition) is 0. The quantitative estimate of drug-likeness (QED) is 0.710. The van der Waals surface area contributed by atoms with Gasteiger partial charge in [0.15, 0.2) is 0 Å². The number of hydrogen-bond acceptors (Lipinski definition) is 1. The molecule has 0 saturated heterocycles. The Morgan fingerprint density at radius 3 is 2.93 bits per heavy atom. The Morgan fingerprint density at radius 1 is 1.27 bits per heavy atom. The van der Waals surface area contributed by atoms with Crippen molar-refractivity contribution in [1.82, 2.24) is 4.98 Å². The van der Waals surface area contributed by atoms with Crippen molar-refractivity contribution >= 4 is 17.0 Å². The van der Waals surface area contributed by atoms with E-state index in [0.717, 1.165) is 11.9 Å². The second kappa shape index (κ2) is 4.26. The maximum Gasteiger partial charge on any atom is 0.0705 e. The summed E-state index contributed by atoms with van der Waals surface area (Å²) in [7, 11) is 0. The molecule has 0 radical (unpaired) electrons. The van der Waals surface area contributed by atoms with E-state index in [1.165, 1.54) is 16.5 Å². The lowest BCUT2D eigenvalue weighted by molar-refractivity contribution is 1.23. The summed E-state index contributed by atoms with van der Waals surface area (Å²) in [6.45, 7) is 4.30. The first-order valence-electron chi connectivity index (χ1n) is 5.34. The maximum atomic E-state index is 4.34. The molecule has 2 aromatic rings. The summed E-state index contributed by atoms with van der Waals surface area (Å²) in [4.78, 5) is 4.34. The van der Waals surface area contributed by atoms with Gasteiger partial charge in [0.25, 0.3) is 0 Å². The van der Waals surface area contributed by atoms with E-state index >= 15 is 0 Å². The van der Waals surface area contributed by atoms with Crippen molar-refractivity contribution in [3.63, 3.8) is 0 Å². The highest BCUT2D eigenvalue weighted by atomic mass is 14.6. The molecule has 0 bridgehead atoms. The minimum absolute atomic E-state index is 1.07. The Labute approximate surface area is 90.5 Å². The molecular weight excluding hydrogens is 182 g/mol. The third kappa shape index (κ3) is 1.91. The SMILES string of the molecule is CC/C=C/c1ccc2ncccc2c1C. The first kappa shape index (κ1) is 9.91. The van der Waals surface area contributed by atoms with Crippen LogP contribution < -0.4 is 0 Å². The van der Waals surface area contributed by atoms with Crippen molar-refractivity contribution in [2.24, 2.45) is 0 Å². The molecule has 0 aliphatic carbocycles. The smallest absolute Gasteiger partial charge is 0.0705 e. The highest BCUT2D eigenvalue weighted by Crippen LogP contribution is 2.20. The van der Waals surface area contributed by atoms with E-state index in [0.29, 0.717) is 0 Å². The van der Waals surface area contributed by atoms with Crippen LogP contribution in [0.25, 0.3) is 17.0 Å². The molecule has 0 N–H and O–H groups in total. The molecule has 1 aromatic carbocycles. The van der Waals surface area contributed by atoms with Crippen LogP contribution in [0.3, 0.4) is 0 Å². The van der Waals surface area contributed by atoms with E-state index in [-0.39, 0.29) is 0 Å². The van der Waals surface area contributed by atoms with Crippen molar-refractivity contribution in [2.75, 3.05) is 0 Å². The van der Waals surface area contributed by atoms with E-state index in [2.05, 4.69) is 49.2 Å². The van der Waals surface area contributed by atoms with Crippen LogP contribution in [0, 0.1) is 6.92 Å². The first-order chi connectivity index (χ1) is 7.33. The molecule has 0 atom stereocenters. The van der Waals surface area contributed by atoms with Gasteiger partial charge in [0.05, 0.1) is 5.52 Å². The molecule has 1 heterocycles. The Balaban J connectivity index is 2.60. The molecule has 1 aromatic heterocycles. The summed E-state index contributed by atoms with van der Waals surface area (Å²) < 4.78 is 0. The van der Waals surface area contributed by atoms with Crippen LogP contribution in [0.1, 0.15) is 24.5 Å². The monoisotopic (exact) mass is 197 g/mol. The van der Waals surface area contributed by atoms with Gasteiger partial charge in [-0.15, -0.1) is 0 Å². The fourth-order valence-electron chi connectivity index (χ4n) is 1.74. The lowest BCUT2D eigenvalue weighted by atomic mass is 10.0. The van der Waals surface area contributed by atoms with Crippen molar-refractivity contribution < 1.29 is 0 Å². The van der Waals surface area contributed by atoms with Gasteiger partial charge in [-0.25, -0.2) is 0 Å². The Hall–Kier alpha value is -1.63. The van der Waals surface area contributed by atoms with Gasteiger partial charge in [0.1, 0.15) is 0 Å². The Bertz CT molecular complexity index is 498. The predicted octanol–water partition coefficient (Wildman–Crippen LogP) is 3.97. The molecule has 0 aliphatic rings. The van der Waals surface area contributed by atoms with E-state index in [1.807, 2.05) is 12.3 Å². The summed E-state index contributed by atoms with van der Waals surface area (Å²) in [6.07, 6.45) is 7.28. The lowest BCUT2D eigenvalue weighted by Crippen LogP contribution is -1.85. The normalized spacial score (nSPS) is 11.3. The number of aromatic nitrogens is 1. The van der Waals surface area contributed by atoms with E-state index in [9.17, 15) is 0 Å². The van der Waals surface area contributed by atoms with Gasteiger partial charge in [-0.2, -0.15) is 0 Å². The molecule has 0 spiro atoms. The third-order valence-electron chi connectivity index (χ3n) is 2.63. The second-order valence-electron chi connectivity index (χ2n) is 3.66. The van der Waals surface area contributed by atoms with E-state index < -0.39 is 0 Å². The van der Waals surface area contributed by atoms with Crippen LogP contribution in [-0.4, -0.2) is 4.98 Å². The largest absolute Gasteiger partial charge is 0.256 e. The molecule has 1 nitrogen and oxygen atoms in total. The standard InChI is InChI=1S/C14H15N/c1-3-4-6-12-8-9-14-13(11(12)2)7-5-10-15-14/h4-10H,3H2,1-2H3/b6-4+. The lowest BCUT2D eigenvalue weighted by Gasteiger charge is -2.04. The van der Waals surface area contributed by atoms with Crippen LogP contribution in [-0.2, 0) is 0 Å². The average Bonchev–Trinajstić information content (AvgIpc) is 2.29. The van der Waals surface area contributed by atoms with Crippen LogP contribution in [0.2, 0.25) is 0 Å². The number of nitrogens with zero attached hydrogens (tertiary/aromatic N) is 1. The summed E-state index contributed by atoms with van der Waals surface area (Å²) in [5.74, 6) is 0. The summed E-state index contributed by atoms with van der Waals surface area (Å²) in [5.41, 5.74) is 3.67. The zero-order chi connectivity index (χ0) is 10.7. The van der Waals surface area contributed by atoms with Crippen molar-refractivity contribution in [1.29, 1.82) is 0 Å². The second-order valence-corrected chi connectivity index (χ2v) is 3.66. The number of fused-ring (bicyclic) bond motifs is 1. The van der Waals surface area contributed by atoms with Gasteiger partial charge in [-0.1, -0.05) is 31.2 Å². The zero-order valence-electron chi connectivity index (χ0n) is 9.20. The van der Waals surface area contributed by atoms with Crippen LogP contribution in [0.5, 0.6) is 0 Å². The van der Waals surface area contributed by atoms with Gasteiger partial charge in [0, 0.05) is 11.6 Å². The molecule has 2 rings (SSSR count). The molecule has 76 valence electrons. The number of rotatable bonds is 2. The zero-order valence-corrected chi connectivity index (χ0v) is 9.20. The topological polar surface area (TPSA) is 12.9 Å². The average molecular weight is 197 g/mol. The van der Waals surface area contributed by atoms with Crippen molar-refractivity contribution in [2.45, 2.75) is 20.3 Å². The summed E-state index contributed by atoms with van der Waals surface area (Å²) >= 11 is 0. The van der Waals surface area contributed by atoms with E-state index in [4.69, 9.17) is 0 Å². The first-order valence-corrected chi connectivity index (χ1v) is 5.34.